The summed E-state index contributed by atoms with van der Waals surface area (Å²) in [6, 6.07) is 4.51. The van der Waals surface area contributed by atoms with Crippen LogP contribution < -0.4 is 5.32 Å². The lowest BCUT2D eigenvalue weighted by atomic mass is 9.89. The van der Waals surface area contributed by atoms with Gasteiger partial charge in [-0.15, -0.1) is 0 Å². The van der Waals surface area contributed by atoms with Gasteiger partial charge in [-0.3, -0.25) is 4.98 Å². The van der Waals surface area contributed by atoms with Gasteiger partial charge in [0.25, 0.3) is 0 Å². The lowest BCUT2D eigenvalue weighted by Gasteiger charge is -2.39. The number of aromatic nitrogens is 1. The van der Waals surface area contributed by atoms with Gasteiger partial charge in [0.15, 0.2) is 5.67 Å². The number of rotatable bonds is 4. The molecule has 32 heavy (non-hydrogen) atoms. The van der Waals surface area contributed by atoms with E-state index >= 15 is 4.39 Å². The number of hydrogen-bond acceptors (Lipinski definition) is 4. The van der Waals surface area contributed by atoms with Crippen molar-refractivity contribution in [3.05, 3.63) is 58.4 Å². The van der Waals surface area contributed by atoms with Crippen molar-refractivity contribution < 1.29 is 32.6 Å². The number of nitrogens with zero attached hydrogens (tertiary/aromatic N) is 2. The van der Waals surface area contributed by atoms with E-state index in [-0.39, 0.29) is 41.4 Å². The molecule has 1 aliphatic rings. The Bertz CT molecular complexity index is 978. The number of pyridine rings is 1. The first-order valence-electron chi connectivity index (χ1n) is 9.47. The van der Waals surface area contributed by atoms with Crippen molar-refractivity contribution in [3.8, 4) is 0 Å². The lowest BCUT2D eigenvalue weighted by Crippen LogP contribution is -2.49. The van der Waals surface area contributed by atoms with E-state index in [1.54, 1.807) is 0 Å². The Balaban J connectivity index is 1.68. The van der Waals surface area contributed by atoms with Gasteiger partial charge in [0, 0.05) is 36.8 Å². The highest BCUT2D eigenvalue weighted by atomic mass is 35.5. The maximum absolute atomic E-state index is 15.6. The highest BCUT2D eigenvalue weighted by Gasteiger charge is 2.45. The fourth-order valence-electron chi connectivity index (χ4n) is 3.37. The van der Waals surface area contributed by atoms with E-state index in [2.05, 4.69) is 10.3 Å². The van der Waals surface area contributed by atoms with Crippen LogP contribution in [0.3, 0.4) is 0 Å². The minimum absolute atomic E-state index is 0.0518. The van der Waals surface area contributed by atoms with Gasteiger partial charge in [-0.05, 0) is 30.3 Å². The number of aliphatic hydroxyl groups is 2. The van der Waals surface area contributed by atoms with Gasteiger partial charge in [-0.2, -0.15) is 13.2 Å². The molecule has 1 aromatic heterocycles. The Hall–Kier alpha value is -2.14. The molecule has 1 aliphatic heterocycles. The maximum atomic E-state index is 15.6. The summed E-state index contributed by atoms with van der Waals surface area (Å²) in [5.74, 6) is 0. The fourth-order valence-corrected chi connectivity index (χ4v) is 4.14. The van der Waals surface area contributed by atoms with Crippen LogP contribution >= 0.6 is 23.2 Å². The normalized spacial score (nSPS) is 22.5. The maximum Gasteiger partial charge on any atom is 0.416 e. The number of carbonyl (C=O) groups is 1. The number of alkyl halides is 5. The SMILES string of the molecule is O=C(Nc1ccc(C(F)(F)F)cc1)N1CCC(F)(c2ncc([C@@H](O)CO)cc2Cl)CC1Cl. The standard InChI is InChI=1S/C20H19Cl2F4N3O3/c21-14-7-11(15(31)10-30)9-27-17(14)19(23)5-6-29(16(22)8-19)18(32)28-13-3-1-12(2-4-13)20(24,25)26/h1-4,7,9,15-16,30-31H,5-6,8,10H2,(H,28,32)/t15-,16?,19?/m0/s1. The zero-order valence-corrected chi connectivity index (χ0v) is 17.9. The first kappa shape index (κ1) is 24.5. The minimum Gasteiger partial charge on any atom is -0.393 e. The van der Waals surface area contributed by atoms with Crippen molar-refractivity contribution in [2.75, 3.05) is 18.5 Å². The molecule has 12 heteroatoms. The number of amides is 2. The van der Waals surface area contributed by atoms with Gasteiger partial charge in [0.1, 0.15) is 11.6 Å². The van der Waals surface area contributed by atoms with Crippen LogP contribution in [0.15, 0.2) is 36.5 Å². The summed E-state index contributed by atoms with van der Waals surface area (Å²) in [6.07, 6.45) is -5.00. The molecule has 3 rings (SSSR count). The number of carbonyl (C=O) groups excluding carboxylic acids is 1. The number of likely N-dealkylation sites (tertiary alicyclic amines) is 1. The molecule has 0 radical (unpaired) electrons. The Labute approximate surface area is 190 Å². The van der Waals surface area contributed by atoms with Crippen LogP contribution in [0.2, 0.25) is 5.02 Å². The number of urea groups is 1. The van der Waals surface area contributed by atoms with E-state index in [0.29, 0.717) is 0 Å². The van der Waals surface area contributed by atoms with E-state index in [9.17, 15) is 23.1 Å². The molecule has 174 valence electrons. The number of hydrogen-bond donors (Lipinski definition) is 3. The van der Waals surface area contributed by atoms with Gasteiger partial charge < -0.3 is 20.4 Å². The van der Waals surface area contributed by atoms with Crippen LogP contribution in [0.5, 0.6) is 0 Å². The number of aliphatic hydroxyl groups excluding tert-OH is 2. The van der Waals surface area contributed by atoms with Crippen molar-refractivity contribution in [1.29, 1.82) is 0 Å². The molecule has 2 aromatic rings. The molecule has 3 N–H and O–H groups in total. The Morgan fingerprint density at radius 3 is 2.53 bits per heavy atom. The highest BCUT2D eigenvalue weighted by Crippen LogP contribution is 2.43. The first-order valence-corrected chi connectivity index (χ1v) is 10.3. The van der Waals surface area contributed by atoms with Crippen LogP contribution in [0, 0.1) is 0 Å². The van der Waals surface area contributed by atoms with Crippen molar-refractivity contribution in [2.24, 2.45) is 0 Å². The molecule has 6 nitrogen and oxygen atoms in total. The van der Waals surface area contributed by atoms with Crippen molar-refractivity contribution in [1.82, 2.24) is 9.88 Å². The monoisotopic (exact) mass is 495 g/mol. The number of anilines is 1. The Morgan fingerprint density at radius 2 is 2.00 bits per heavy atom. The fraction of sp³-hybridized carbons (Fsp3) is 0.400. The van der Waals surface area contributed by atoms with Crippen LogP contribution in [0.1, 0.15) is 35.8 Å². The smallest absolute Gasteiger partial charge is 0.393 e. The third-order valence-electron chi connectivity index (χ3n) is 5.15. The minimum atomic E-state index is -4.50. The third kappa shape index (κ3) is 5.25. The van der Waals surface area contributed by atoms with Gasteiger partial charge >= 0.3 is 12.2 Å². The number of nitrogens with one attached hydrogen (secondary N) is 1. The van der Waals surface area contributed by atoms with Crippen LogP contribution in [-0.4, -0.2) is 44.8 Å². The van der Waals surface area contributed by atoms with Crippen LogP contribution in [0.4, 0.5) is 28.0 Å². The predicted octanol–water partition coefficient (Wildman–Crippen LogP) is 4.84. The second kappa shape index (κ2) is 9.38. The van der Waals surface area contributed by atoms with Gasteiger partial charge in [-0.1, -0.05) is 23.2 Å². The zero-order chi connectivity index (χ0) is 23.7. The van der Waals surface area contributed by atoms with Crippen LogP contribution in [-0.2, 0) is 11.8 Å². The third-order valence-corrected chi connectivity index (χ3v) is 5.83. The Kier molecular flexibility index (Phi) is 7.18. The number of piperidine rings is 1. The quantitative estimate of drug-likeness (QED) is 0.322. The molecule has 2 heterocycles. The largest absolute Gasteiger partial charge is 0.416 e. The zero-order valence-electron chi connectivity index (χ0n) is 16.4. The Morgan fingerprint density at radius 1 is 1.34 bits per heavy atom. The summed E-state index contributed by atoms with van der Waals surface area (Å²) in [6.45, 7) is -0.652. The predicted molar refractivity (Wildman–Crippen MR) is 110 cm³/mol. The summed E-state index contributed by atoms with van der Waals surface area (Å²) in [5.41, 5.74) is -3.72. The topological polar surface area (TPSA) is 85.7 Å². The molecular formula is C20H19Cl2F4N3O3. The average molecular weight is 496 g/mol. The van der Waals surface area contributed by atoms with E-state index in [0.717, 1.165) is 29.2 Å². The van der Waals surface area contributed by atoms with E-state index < -0.39 is 41.7 Å². The molecule has 2 amide bonds. The number of benzene rings is 1. The molecule has 2 unspecified atom stereocenters. The molecule has 0 bridgehead atoms. The summed E-state index contributed by atoms with van der Waals surface area (Å²) in [5, 5.41) is 21.1. The average Bonchev–Trinajstić information content (AvgIpc) is 2.72. The summed E-state index contributed by atoms with van der Waals surface area (Å²) in [7, 11) is 0. The second-order valence-electron chi connectivity index (χ2n) is 7.35. The lowest BCUT2D eigenvalue weighted by molar-refractivity contribution is -0.137. The molecule has 1 aromatic carbocycles. The molecule has 0 aliphatic carbocycles. The first-order chi connectivity index (χ1) is 14.9. The summed E-state index contributed by atoms with van der Waals surface area (Å²) >= 11 is 12.4. The summed E-state index contributed by atoms with van der Waals surface area (Å²) < 4.78 is 53.6. The molecule has 0 saturated carbocycles. The number of halogens is 6. The molecule has 1 saturated heterocycles. The van der Waals surface area contributed by atoms with Crippen molar-refractivity contribution in [2.45, 2.75) is 36.3 Å². The molecule has 3 atom stereocenters. The van der Waals surface area contributed by atoms with Gasteiger partial charge in [0.2, 0.25) is 0 Å². The summed E-state index contributed by atoms with van der Waals surface area (Å²) in [4.78, 5) is 17.7. The highest BCUT2D eigenvalue weighted by molar-refractivity contribution is 6.31. The molecular weight excluding hydrogens is 477 g/mol. The van der Waals surface area contributed by atoms with Crippen molar-refractivity contribution >= 4 is 34.9 Å². The second-order valence-corrected chi connectivity index (χ2v) is 8.26. The van der Waals surface area contributed by atoms with Gasteiger partial charge in [-0.25, -0.2) is 9.18 Å². The van der Waals surface area contributed by atoms with Crippen LogP contribution in [0.25, 0.3) is 0 Å². The van der Waals surface area contributed by atoms with E-state index in [1.807, 2.05) is 0 Å². The molecule has 0 spiro atoms. The molecule has 1 fully saturated rings. The van der Waals surface area contributed by atoms with E-state index in [4.69, 9.17) is 28.3 Å². The van der Waals surface area contributed by atoms with Gasteiger partial charge in [0.05, 0.1) is 22.9 Å². The van der Waals surface area contributed by atoms with Crippen molar-refractivity contribution in [3.63, 3.8) is 0 Å². The van der Waals surface area contributed by atoms with E-state index in [1.165, 1.54) is 12.3 Å².